The van der Waals surface area contributed by atoms with Crippen molar-refractivity contribution in [3.05, 3.63) is 24.3 Å². The van der Waals surface area contributed by atoms with Gasteiger partial charge in [-0.15, -0.1) is 0 Å². The van der Waals surface area contributed by atoms with Gasteiger partial charge in [0.1, 0.15) is 0 Å². The molecule has 0 aliphatic rings. The summed E-state index contributed by atoms with van der Waals surface area (Å²) in [6.45, 7) is 4.68. The lowest BCUT2D eigenvalue weighted by Crippen LogP contribution is -2.30. The van der Waals surface area contributed by atoms with E-state index in [2.05, 4.69) is 56.1 Å². The molecule has 0 fully saturated rings. The van der Waals surface area contributed by atoms with Crippen LogP contribution in [0.3, 0.4) is 0 Å². The van der Waals surface area contributed by atoms with Crippen LogP contribution in [0, 0.1) is 5.92 Å². The summed E-state index contributed by atoms with van der Waals surface area (Å²) in [6.07, 6.45) is 22.7. The molecule has 30 heavy (non-hydrogen) atoms. The molecule has 1 amide bonds. The maximum atomic E-state index is 12.6. The Hall–Kier alpha value is -1.23. The maximum absolute atomic E-state index is 12.6. The van der Waals surface area contributed by atoms with Gasteiger partial charge < -0.3 is 10.1 Å². The number of amides is 1. The summed E-state index contributed by atoms with van der Waals surface area (Å²) >= 11 is 4.04. The maximum Gasteiger partial charge on any atom is 0.407 e. The average Bonchev–Trinajstić information content (AvgIpc) is 2.75. The predicted octanol–water partition coefficient (Wildman–Crippen LogP) is 7.05. The van der Waals surface area contributed by atoms with Crippen LogP contribution in [-0.2, 0) is 9.53 Å². The third-order valence-corrected chi connectivity index (χ3v) is 5.33. The first-order valence-corrected chi connectivity index (χ1v) is 12.6. The molecular formula is C25H45NO3S. The number of carbonyl (C=O) groups excluding carboxylic acids is 2. The van der Waals surface area contributed by atoms with E-state index < -0.39 is 6.09 Å². The van der Waals surface area contributed by atoms with Crippen molar-refractivity contribution in [1.29, 1.82) is 0 Å². The molecule has 0 aromatic carbocycles. The minimum absolute atomic E-state index is 0.0130. The molecular weight excluding hydrogens is 394 g/mol. The van der Waals surface area contributed by atoms with Crippen LogP contribution < -0.4 is 5.32 Å². The number of ether oxygens (including phenoxy) is 1. The molecule has 0 saturated carbocycles. The Morgan fingerprint density at radius 1 is 0.900 bits per heavy atom. The second kappa shape index (κ2) is 22.5. The van der Waals surface area contributed by atoms with Crippen molar-refractivity contribution < 1.29 is 14.3 Å². The summed E-state index contributed by atoms with van der Waals surface area (Å²) in [5.41, 5.74) is 0. The minimum Gasteiger partial charge on any atom is -0.442 e. The highest BCUT2D eigenvalue weighted by atomic mass is 32.1. The lowest BCUT2D eigenvalue weighted by atomic mass is 9.91. The Balaban J connectivity index is 4.20. The Morgan fingerprint density at radius 3 is 2.23 bits per heavy atom. The summed E-state index contributed by atoms with van der Waals surface area (Å²) in [7, 11) is 0. The molecule has 0 spiro atoms. The van der Waals surface area contributed by atoms with Crippen LogP contribution in [0.2, 0.25) is 0 Å². The monoisotopic (exact) mass is 439 g/mol. The summed E-state index contributed by atoms with van der Waals surface area (Å²) in [4.78, 5) is 24.2. The van der Waals surface area contributed by atoms with Crippen molar-refractivity contribution in [1.82, 2.24) is 5.32 Å². The number of ketones is 1. The highest BCUT2D eigenvalue weighted by Gasteiger charge is 2.19. The van der Waals surface area contributed by atoms with Gasteiger partial charge in [0.2, 0.25) is 0 Å². The number of rotatable bonds is 20. The first-order chi connectivity index (χ1) is 14.7. The Bertz CT molecular complexity index is 477. The molecule has 174 valence electrons. The molecule has 0 bridgehead atoms. The Kier molecular flexibility index (Phi) is 21.5. The molecule has 1 unspecified atom stereocenters. The molecule has 0 aliphatic carbocycles. The number of hydrogen-bond acceptors (Lipinski definition) is 4. The fourth-order valence-corrected chi connectivity index (χ4v) is 3.42. The number of hydrogen-bond donors (Lipinski definition) is 2. The third kappa shape index (κ3) is 18.8. The Morgan fingerprint density at radius 2 is 1.57 bits per heavy atom. The fraction of sp³-hybridized carbons (Fsp3) is 0.760. The SMILES string of the molecule is CCC=CCC=CCCCCCC(CCCCCCC)C(=O)COC(=O)NCCS. The van der Waals surface area contributed by atoms with Gasteiger partial charge in [-0.3, -0.25) is 4.79 Å². The van der Waals surface area contributed by atoms with E-state index >= 15 is 0 Å². The summed E-state index contributed by atoms with van der Waals surface area (Å²) in [6, 6.07) is 0. The van der Waals surface area contributed by atoms with Crippen molar-refractivity contribution in [2.75, 3.05) is 18.9 Å². The number of carbonyl (C=O) groups is 2. The zero-order valence-electron chi connectivity index (χ0n) is 19.4. The van der Waals surface area contributed by atoms with E-state index in [0.717, 1.165) is 57.8 Å². The zero-order chi connectivity index (χ0) is 22.3. The summed E-state index contributed by atoms with van der Waals surface area (Å²) in [5.74, 6) is 0.627. The van der Waals surface area contributed by atoms with E-state index in [1.54, 1.807) is 0 Å². The molecule has 0 heterocycles. The van der Waals surface area contributed by atoms with Gasteiger partial charge in [-0.05, 0) is 38.5 Å². The quantitative estimate of drug-likeness (QED) is 0.121. The molecule has 0 rings (SSSR count). The van der Waals surface area contributed by atoms with Gasteiger partial charge in [-0.2, -0.15) is 12.6 Å². The normalized spacial score (nSPS) is 12.5. The van der Waals surface area contributed by atoms with Crippen molar-refractivity contribution in [3.63, 3.8) is 0 Å². The molecule has 0 radical (unpaired) electrons. The smallest absolute Gasteiger partial charge is 0.407 e. The van der Waals surface area contributed by atoms with E-state index in [0.29, 0.717) is 12.3 Å². The molecule has 0 aromatic rings. The summed E-state index contributed by atoms with van der Waals surface area (Å²) in [5, 5.41) is 2.58. The standard InChI is InChI=1S/C25H45NO3S/c1-3-5-7-9-10-11-12-13-15-17-19-23(18-16-14-8-6-4-2)24(27)22-29-25(28)26-20-21-30/h5,7,10-11,23,30H,3-4,6,8-9,12-22H2,1-2H3,(H,26,28). The van der Waals surface area contributed by atoms with Crippen molar-refractivity contribution in [2.45, 2.75) is 97.3 Å². The van der Waals surface area contributed by atoms with Crippen LogP contribution in [0.15, 0.2) is 24.3 Å². The number of alkyl carbamates (subject to hydrolysis) is 1. The number of Topliss-reactive ketones (excluding diaryl/α,β-unsaturated/α-hetero) is 1. The topological polar surface area (TPSA) is 55.4 Å². The number of unbranched alkanes of at least 4 members (excludes halogenated alkanes) is 7. The van der Waals surface area contributed by atoms with E-state index in [1.165, 1.54) is 25.7 Å². The van der Waals surface area contributed by atoms with Crippen molar-refractivity contribution in [2.24, 2.45) is 5.92 Å². The number of allylic oxidation sites excluding steroid dienone is 4. The molecule has 0 saturated heterocycles. The highest BCUT2D eigenvalue weighted by molar-refractivity contribution is 7.80. The largest absolute Gasteiger partial charge is 0.442 e. The summed E-state index contributed by atoms with van der Waals surface area (Å²) < 4.78 is 5.08. The van der Waals surface area contributed by atoms with Crippen molar-refractivity contribution >= 4 is 24.5 Å². The minimum atomic E-state index is -0.528. The lowest BCUT2D eigenvalue weighted by Gasteiger charge is -2.16. The molecule has 0 aliphatic heterocycles. The lowest BCUT2D eigenvalue weighted by molar-refractivity contribution is -0.126. The second-order valence-electron chi connectivity index (χ2n) is 7.82. The van der Waals surface area contributed by atoms with Crippen LogP contribution >= 0.6 is 12.6 Å². The van der Waals surface area contributed by atoms with Crippen LogP contribution in [0.5, 0.6) is 0 Å². The fourth-order valence-electron chi connectivity index (χ4n) is 3.31. The van der Waals surface area contributed by atoms with E-state index in [4.69, 9.17) is 4.74 Å². The van der Waals surface area contributed by atoms with E-state index in [1.807, 2.05) is 0 Å². The van der Waals surface area contributed by atoms with Gasteiger partial charge in [0.25, 0.3) is 0 Å². The van der Waals surface area contributed by atoms with Gasteiger partial charge in [0, 0.05) is 18.2 Å². The molecule has 4 nitrogen and oxygen atoms in total. The van der Waals surface area contributed by atoms with E-state index in [9.17, 15) is 9.59 Å². The average molecular weight is 440 g/mol. The second-order valence-corrected chi connectivity index (χ2v) is 8.26. The van der Waals surface area contributed by atoms with Crippen LogP contribution in [0.1, 0.15) is 97.3 Å². The predicted molar refractivity (Wildman–Crippen MR) is 131 cm³/mol. The molecule has 0 aromatic heterocycles. The molecule has 5 heteroatoms. The van der Waals surface area contributed by atoms with Crippen LogP contribution in [0.4, 0.5) is 4.79 Å². The third-order valence-electron chi connectivity index (χ3n) is 5.10. The zero-order valence-corrected chi connectivity index (χ0v) is 20.3. The molecule has 1 atom stereocenters. The Labute approximate surface area is 190 Å². The van der Waals surface area contributed by atoms with Crippen molar-refractivity contribution in [3.8, 4) is 0 Å². The van der Waals surface area contributed by atoms with Gasteiger partial charge in [0.05, 0.1) is 0 Å². The molecule has 1 N–H and O–H groups in total. The number of nitrogens with one attached hydrogen (secondary N) is 1. The van der Waals surface area contributed by atoms with Crippen LogP contribution in [0.25, 0.3) is 0 Å². The number of thiol groups is 1. The van der Waals surface area contributed by atoms with Gasteiger partial charge in [-0.25, -0.2) is 4.79 Å². The first-order valence-electron chi connectivity index (χ1n) is 12.0. The van der Waals surface area contributed by atoms with E-state index in [-0.39, 0.29) is 18.3 Å². The van der Waals surface area contributed by atoms with Crippen LogP contribution in [-0.4, -0.2) is 30.8 Å². The van der Waals surface area contributed by atoms with Gasteiger partial charge >= 0.3 is 6.09 Å². The highest BCUT2D eigenvalue weighted by Crippen LogP contribution is 2.20. The van der Waals surface area contributed by atoms with Gasteiger partial charge in [-0.1, -0.05) is 83.1 Å². The van der Waals surface area contributed by atoms with Gasteiger partial charge in [0.15, 0.2) is 12.4 Å². The first kappa shape index (κ1) is 28.8.